The van der Waals surface area contributed by atoms with E-state index in [1.807, 2.05) is 18.6 Å². The van der Waals surface area contributed by atoms with Crippen molar-refractivity contribution >= 4 is 0 Å². The van der Waals surface area contributed by atoms with Gasteiger partial charge in [0, 0.05) is 52.0 Å². The molecule has 24 heterocycles. The van der Waals surface area contributed by atoms with Crippen molar-refractivity contribution in [1.82, 2.24) is 15.0 Å². The number of hydrogen-bond donors (Lipinski definition) is 0. The summed E-state index contributed by atoms with van der Waals surface area (Å²) < 4.78 is 19.1. The summed E-state index contributed by atoms with van der Waals surface area (Å²) in [6.07, 6.45) is 6.00. The minimum absolute atomic E-state index is 0.449. The zero-order chi connectivity index (χ0) is 49.9. The summed E-state index contributed by atoms with van der Waals surface area (Å²) in [7, 11) is 0. The van der Waals surface area contributed by atoms with E-state index in [1.54, 1.807) is 0 Å². The van der Waals surface area contributed by atoms with Gasteiger partial charge in [0.05, 0.1) is 56.7 Å². The fourth-order valence-corrected chi connectivity index (χ4v) is 10.5. The van der Waals surface area contributed by atoms with Gasteiger partial charge in [-0.1, -0.05) is 182 Å². The van der Waals surface area contributed by atoms with Crippen LogP contribution in [0.3, 0.4) is 0 Å². The van der Waals surface area contributed by atoms with E-state index < -0.39 is 0 Å². The number of rotatable bonds is 0. The van der Waals surface area contributed by atoms with Gasteiger partial charge in [0.15, 0.2) is 0 Å². The Labute approximate surface area is 437 Å². The molecule has 0 radical (unpaired) electrons. The Bertz CT molecular complexity index is 3390. The summed E-state index contributed by atoms with van der Waals surface area (Å²) in [5.41, 5.74) is 25.4. The molecule has 18 bridgehead atoms. The molecule has 32 rings (SSSR count). The third-order valence-corrected chi connectivity index (χ3v) is 14.3. The lowest BCUT2D eigenvalue weighted by molar-refractivity contribution is 0.0993. The van der Waals surface area contributed by atoms with E-state index in [1.165, 1.54) is 0 Å². The van der Waals surface area contributed by atoms with Crippen LogP contribution in [0.25, 0.3) is 101 Å². The fraction of sp³-hybridized carbons (Fsp3) is 0.0870. The molecule has 0 atom stereocenters. The molecule has 8 aromatic carbocycles. The van der Waals surface area contributed by atoms with Crippen LogP contribution in [-0.2, 0) is 53.9 Å². The first-order chi connectivity index (χ1) is 37.1. The van der Waals surface area contributed by atoms with Crippen LogP contribution in [0.15, 0.2) is 237 Å². The van der Waals surface area contributed by atoms with Crippen LogP contribution in [0, 0.1) is 0 Å². The molecule has 0 saturated carbocycles. The van der Waals surface area contributed by atoms with Crippen molar-refractivity contribution in [1.29, 1.82) is 0 Å². The Balaban J connectivity index is 0.989. The zero-order valence-corrected chi connectivity index (χ0v) is 41.3. The van der Waals surface area contributed by atoms with Crippen LogP contribution < -0.4 is 0 Å². The summed E-state index contributed by atoms with van der Waals surface area (Å²) in [5.74, 6) is 0. The molecule has 6 heteroatoms. The van der Waals surface area contributed by atoms with Crippen LogP contribution in [0.2, 0.25) is 0 Å². The lowest BCUT2D eigenvalue weighted by atomic mass is 9.86. The van der Waals surface area contributed by atoms with E-state index in [9.17, 15) is 0 Å². The monoisotopic (exact) mass is 969 g/mol. The van der Waals surface area contributed by atoms with Gasteiger partial charge >= 0.3 is 0 Å². The van der Waals surface area contributed by atoms with Crippen molar-refractivity contribution in [2.45, 2.75) is 39.6 Å². The summed E-state index contributed by atoms with van der Waals surface area (Å²) >= 11 is 0. The first kappa shape index (κ1) is 45.9. The number of pyridine rings is 3. The molecule has 0 amide bonds. The molecule has 6 nitrogen and oxygen atoms in total. The first-order valence-corrected chi connectivity index (χ1v) is 25.6. The largest absolute Gasteiger partial charge is 0.372 e. The molecule has 0 saturated heterocycles. The van der Waals surface area contributed by atoms with Crippen LogP contribution >= 0.6 is 0 Å². The maximum absolute atomic E-state index is 6.38. The lowest BCUT2D eigenvalue weighted by Crippen LogP contribution is -2.01. The molecule has 3 aromatic heterocycles. The van der Waals surface area contributed by atoms with Gasteiger partial charge in [-0.25, -0.2) is 0 Å². The molecule has 0 aliphatic carbocycles. The molecular formula is C69H51N3O3. The van der Waals surface area contributed by atoms with Crippen molar-refractivity contribution in [2.75, 3.05) is 0 Å². The van der Waals surface area contributed by atoms with Crippen molar-refractivity contribution in [2.24, 2.45) is 0 Å². The molecule has 11 aromatic rings. The number of ether oxygens (including phenoxy) is 3. The maximum Gasteiger partial charge on any atom is 0.0721 e. The number of benzene rings is 8. The molecule has 75 heavy (non-hydrogen) atoms. The minimum Gasteiger partial charge on any atom is -0.372 e. The predicted molar refractivity (Wildman–Crippen MR) is 301 cm³/mol. The smallest absolute Gasteiger partial charge is 0.0721 e. The second kappa shape index (κ2) is 20.5. The van der Waals surface area contributed by atoms with Crippen LogP contribution in [0.1, 0.15) is 33.4 Å². The highest BCUT2D eigenvalue weighted by molar-refractivity contribution is 5.94. The lowest BCUT2D eigenvalue weighted by Gasteiger charge is -2.18. The highest BCUT2D eigenvalue weighted by Gasteiger charge is 2.18. The highest BCUT2D eigenvalue weighted by atomic mass is 16.5. The first-order valence-electron chi connectivity index (χ1n) is 25.6. The van der Waals surface area contributed by atoms with Gasteiger partial charge in [-0.05, 0) is 120 Å². The van der Waals surface area contributed by atoms with Gasteiger partial charge in [-0.15, -0.1) is 0 Å². The van der Waals surface area contributed by atoms with Gasteiger partial charge in [-0.3, -0.25) is 15.0 Å². The quantitative estimate of drug-likeness (QED) is 0.151. The second-order valence-corrected chi connectivity index (χ2v) is 19.5. The Morgan fingerprint density at radius 3 is 0.707 bits per heavy atom. The molecule has 0 spiro atoms. The van der Waals surface area contributed by atoms with Gasteiger partial charge in [0.2, 0.25) is 0 Å². The van der Waals surface area contributed by atoms with Crippen molar-refractivity contribution < 1.29 is 14.2 Å². The Hall–Kier alpha value is -8.91. The number of aromatic nitrogens is 3. The van der Waals surface area contributed by atoms with Crippen LogP contribution in [0.4, 0.5) is 0 Å². The Morgan fingerprint density at radius 2 is 0.453 bits per heavy atom. The average molecular weight is 970 g/mol. The van der Waals surface area contributed by atoms with E-state index in [4.69, 9.17) is 29.2 Å². The number of nitrogens with zero attached hydrogens (tertiary/aromatic N) is 3. The van der Waals surface area contributed by atoms with E-state index in [2.05, 4.69) is 218 Å². The van der Waals surface area contributed by atoms with Crippen molar-refractivity contribution in [3.63, 3.8) is 0 Å². The van der Waals surface area contributed by atoms with E-state index in [0.717, 1.165) is 134 Å². The zero-order valence-electron chi connectivity index (χ0n) is 41.3. The van der Waals surface area contributed by atoms with E-state index >= 15 is 0 Å². The second-order valence-electron chi connectivity index (χ2n) is 19.5. The van der Waals surface area contributed by atoms with Gasteiger partial charge < -0.3 is 14.2 Å². The van der Waals surface area contributed by atoms with Gasteiger partial charge in [-0.2, -0.15) is 0 Å². The molecular weight excluding hydrogens is 919 g/mol. The number of hydrogen-bond acceptors (Lipinski definition) is 6. The standard InChI is InChI=1S/C69H51N3O3/c1-4-10-64-58-34-59-36-60(35-58)66-12-6-3-9-63(66)57-27-30-69(72-39-57)54-23-17-48(18-24-54)42-75-45-51-32-49(43-73-40-46-13-19-52(20-14-46)67-28-25-55(37-70-67)61(64)7-1)31-50(33-51)44-74-41-47-15-21-53(22-16-47)68-29-26-56(38-71-68)62-8-2-5-11-65(59)62/h1-39H,40-45H2. The van der Waals surface area contributed by atoms with Crippen LogP contribution in [0.5, 0.6) is 0 Å². The SMILES string of the molecule is c1ccc2c(c1)-c1ccc(nc1)-c1ccc(cc1)COCc1cc3cc(c1)COCc1ccc(cc1)-c1ccc(cn1)-c1ccccc1-c1cc-2cc(c1)-c1ccccc1-c1ccc(nc1)-c1ccc(cc1)COC3. The normalized spacial score (nSPS) is 13.1. The average Bonchev–Trinajstić information content (AvgIpc) is 3.47. The van der Waals surface area contributed by atoms with Crippen LogP contribution in [-0.4, -0.2) is 15.0 Å². The fourth-order valence-electron chi connectivity index (χ4n) is 10.5. The summed E-state index contributed by atoms with van der Waals surface area (Å²) in [4.78, 5) is 15.2. The van der Waals surface area contributed by atoms with E-state index in [-0.39, 0.29) is 0 Å². The molecule has 0 unspecified atom stereocenters. The summed E-state index contributed by atoms with van der Waals surface area (Å²) in [6, 6.07) is 78.0. The Morgan fingerprint density at radius 1 is 0.213 bits per heavy atom. The summed E-state index contributed by atoms with van der Waals surface area (Å²) in [6.45, 7) is 2.77. The third-order valence-electron chi connectivity index (χ3n) is 14.3. The Kier molecular flexibility index (Phi) is 12.6. The van der Waals surface area contributed by atoms with Gasteiger partial charge in [0.25, 0.3) is 0 Å². The molecule has 360 valence electrons. The minimum atomic E-state index is 0.449. The molecule has 0 fully saturated rings. The highest BCUT2D eigenvalue weighted by Crippen LogP contribution is 2.42. The van der Waals surface area contributed by atoms with E-state index in [0.29, 0.717) is 39.6 Å². The summed E-state index contributed by atoms with van der Waals surface area (Å²) in [5, 5.41) is 0. The molecule has 21 aliphatic rings. The molecule has 21 aliphatic heterocycles. The maximum atomic E-state index is 6.38. The van der Waals surface area contributed by atoms with Crippen molar-refractivity contribution in [3.8, 4) is 101 Å². The predicted octanol–water partition coefficient (Wildman–Crippen LogP) is 16.7. The van der Waals surface area contributed by atoms with Crippen molar-refractivity contribution in [3.05, 3.63) is 270 Å². The third kappa shape index (κ3) is 9.86. The van der Waals surface area contributed by atoms with Gasteiger partial charge in [0.1, 0.15) is 0 Å². The molecule has 0 N–H and O–H groups in total. The topological polar surface area (TPSA) is 66.4 Å².